The predicted octanol–water partition coefficient (Wildman–Crippen LogP) is 7.42. The number of benzene rings is 4. The van der Waals surface area contributed by atoms with Gasteiger partial charge in [0.25, 0.3) is 0 Å². The molecule has 0 radical (unpaired) electrons. The van der Waals surface area contributed by atoms with E-state index in [1.165, 1.54) is 0 Å². The van der Waals surface area contributed by atoms with Gasteiger partial charge in [0.15, 0.2) is 0 Å². The maximum atomic E-state index is 12.8. The van der Waals surface area contributed by atoms with Crippen molar-refractivity contribution < 1.29 is 8.42 Å². The van der Waals surface area contributed by atoms with Crippen LogP contribution in [0.25, 0.3) is 32.7 Å². The van der Waals surface area contributed by atoms with E-state index >= 15 is 0 Å². The second kappa shape index (κ2) is 10.2. The quantitative estimate of drug-likeness (QED) is 0.259. The van der Waals surface area contributed by atoms with Gasteiger partial charge in [0, 0.05) is 23.6 Å². The fourth-order valence-corrected chi connectivity index (χ4v) is 4.93. The lowest BCUT2D eigenvalue weighted by molar-refractivity contribution is 0.650. The fraction of sp³-hybridized carbons (Fsp3) is 0.267. The third kappa shape index (κ3) is 5.55. The smallest absolute Gasteiger partial charge is 0.144 e. The van der Waals surface area contributed by atoms with Gasteiger partial charge in [-0.3, -0.25) is 0 Å². The Balaban J connectivity index is 2.05. The highest BCUT2D eigenvalue weighted by Gasteiger charge is 2.21. The molecule has 0 aliphatic rings. The summed E-state index contributed by atoms with van der Waals surface area (Å²) in [6.07, 6.45) is 3.44. The number of nitrogens with zero attached hydrogens (tertiary/aromatic N) is 2. The van der Waals surface area contributed by atoms with Crippen molar-refractivity contribution in [1.29, 1.82) is 0 Å². The first kappa shape index (κ1) is 26.1. The van der Waals surface area contributed by atoms with Crippen LogP contribution in [-0.4, -0.2) is 30.3 Å². The van der Waals surface area contributed by atoms with E-state index in [0.717, 1.165) is 43.8 Å². The van der Waals surface area contributed by atoms with Crippen LogP contribution < -0.4 is 0 Å². The van der Waals surface area contributed by atoms with Gasteiger partial charge < -0.3 is 0 Å². The lowest BCUT2D eigenvalue weighted by atomic mass is 9.87. The van der Waals surface area contributed by atoms with Gasteiger partial charge in [-0.2, -0.15) is 8.80 Å². The first-order valence-electron chi connectivity index (χ1n) is 11.9. The Morgan fingerprint density at radius 3 is 1.28 bits per heavy atom. The normalized spacial score (nSPS) is 14.7. The molecule has 4 aromatic carbocycles. The SMILES string of the molecule is CC(C)(C)[S@](=O)/N=C/c1ccc2ccccc2c1-c1c(/C=N/[S@@](=O)C(C)(C)C)ccc2ccccc12. The van der Waals surface area contributed by atoms with Gasteiger partial charge in [-0.25, -0.2) is 8.42 Å². The van der Waals surface area contributed by atoms with Crippen molar-refractivity contribution >= 4 is 55.9 Å². The molecule has 0 unspecified atom stereocenters. The van der Waals surface area contributed by atoms with Gasteiger partial charge in [-0.15, -0.1) is 0 Å². The second-order valence-electron chi connectivity index (χ2n) is 10.7. The van der Waals surface area contributed by atoms with Crippen LogP contribution in [0.3, 0.4) is 0 Å². The summed E-state index contributed by atoms with van der Waals surface area (Å²) in [4.78, 5) is 0. The molecule has 0 heterocycles. The molecule has 0 saturated heterocycles. The van der Waals surface area contributed by atoms with Gasteiger partial charge in [-0.05, 0) is 74.2 Å². The standard InChI is InChI=1S/C30H32N2O2S2/c1-29(2,3)35(33)31-19-23-17-15-21-11-7-9-13-25(21)27(23)28-24(20-32-36(34)30(4,5)6)18-16-22-12-8-10-14-26(22)28/h7-20H,1-6H3/b31-19+,32-20+/t35-,36-/m0/s1. The Kier molecular flexibility index (Phi) is 7.39. The zero-order chi connectivity index (χ0) is 26.1. The highest BCUT2D eigenvalue weighted by Crippen LogP contribution is 2.38. The molecule has 0 saturated carbocycles. The average molecular weight is 517 g/mol. The minimum absolute atomic E-state index is 0.457. The summed E-state index contributed by atoms with van der Waals surface area (Å²) in [6.45, 7) is 11.5. The van der Waals surface area contributed by atoms with Crippen molar-refractivity contribution in [1.82, 2.24) is 0 Å². The maximum Gasteiger partial charge on any atom is 0.144 e. The first-order valence-corrected chi connectivity index (χ1v) is 14.1. The summed E-state index contributed by atoms with van der Waals surface area (Å²) in [7, 11) is -2.77. The molecule has 4 nitrogen and oxygen atoms in total. The zero-order valence-electron chi connectivity index (χ0n) is 21.6. The van der Waals surface area contributed by atoms with Gasteiger partial charge >= 0.3 is 0 Å². The predicted molar refractivity (Wildman–Crippen MR) is 158 cm³/mol. The van der Waals surface area contributed by atoms with Crippen molar-refractivity contribution in [3.63, 3.8) is 0 Å². The maximum absolute atomic E-state index is 12.8. The molecular weight excluding hydrogens is 484 g/mol. The van der Waals surface area contributed by atoms with Crippen molar-refractivity contribution in [3.8, 4) is 11.1 Å². The fourth-order valence-electron chi connectivity index (χ4n) is 3.88. The van der Waals surface area contributed by atoms with Crippen LogP contribution >= 0.6 is 0 Å². The molecule has 186 valence electrons. The Labute approximate surface area is 218 Å². The molecule has 4 rings (SSSR count). The lowest BCUT2D eigenvalue weighted by Gasteiger charge is -2.17. The number of fused-ring (bicyclic) bond motifs is 2. The zero-order valence-corrected chi connectivity index (χ0v) is 23.2. The Morgan fingerprint density at radius 1 is 0.556 bits per heavy atom. The summed E-state index contributed by atoms with van der Waals surface area (Å²) in [5, 5.41) is 4.31. The van der Waals surface area contributed by atoms with E-state index in [1.807, 2.05) is 77.9 Å². The summed E-state index contributed by atoms with van der Waals surface area (Å²) >= 11 is 0. The lowest BCUT2D eigenvalue weighted by Crippen LogP contribution is -2.19. The molecule has 0 aliphatic carbocycles. The molecule has 36 heavy (non-hydrogen) atoms. The van der Waals surface area contributed by atoms with E-state index in [0.29, 0.717) is 0 Å². The van der Waals surface area contributed by atoms with Crippen LogP contribution in [0.5, 0.6) is 0 Å². The van der Waals surface area contributed by atoms with Crippen LogP contribution in [0.15, 0.2) is 81.6 Å². The minimum Gasteiger partial charge on any atom is -0.234 e. The van der Waals surface area contributed by atoms with Gasteiger partial charge in [0.1, 0.15) is 22.0 Å². The van der Waals surface area contributed by atoms with E-state index in [4.69, 9.17) is 0 Å². The van der Waals surface area contributed by atoms with Crippen LogP contribution in [-0.2, 0) is 22.0 Å². The minimum atomic E-state index is -1.39. The molecule has 4 aromatic rings. The van der Waals surface area contributed by atoms with Crippen molar-refractivity contribution in [3.05, 3.63) is 83.9 Å². The van der Waals surface area contributed by atoms with Crippen LogP contribution in [0.2, 0.25) is 0 Å². The largest absolute Gasteiger partial charge is 0.234 e. The van der Waals surface area contributed by atoms with E-state index < -0.39 is 31.5 Å². The Morgan fingerprint density at radius 2 is 0.917 bits per heavy atom. The highest BCUT2D eigenvalue weighted by molar-refractivity contribution is 7.85. The summed E-state index contributed by atoms with van der Waals surface area (Å²) in [5.74, 6) is 0. The topological polar surface area (TPSA) is 58.9 Å². The summed E-state index contributed by atoms with van der Waals surface area (Å²) < 4.78 is 33.5. The van der Waals surface area contributed by atoms with E-state index in [2.05, 4.69) is 45.2 Å². The summed E-state index contributed by atoms with van der Waals surface area (Å²) in [6, 6.07) is 24.6. The van der Waals surface area contributed by atoms with E-state index in [-0.39, 0.29) is 0 Å². The van der Waals surface area contributed by atoms with Gasteiger partial charge in [0.2, 0.25) is 0 Å². The molecule has 0 aliphatic heterocycles. The molecular formula is C30H32N2O2S2. The molecule has 0 N–H and O–H groups in total. The average Bonchev–Trinajstić information content (AvgIpc) is 2.84. The molecule has 0 fully saturated rings. The Hall–Kier alpha value is -2.96. The first-order chi connectivity index (χ1) is 17.0. The molecule has 6 heteroatoms. The Bertz CT molecular complexity index is 1420. The van der Waals surface area contributed by atoms with Crippen molar-refractivity contribution in [2.24, 2.45) is 8.80 Å². The van der Waals surface area contributed by atoms with Gasteiger partial charge in [0.05, 0.1) is 9.49 Å². The summed E-state index contributed by atoms with van der Waals surface area (Å²) in [5.41, 5.74) is 3.72. The highest BCUT2D eigenvalue weighted by atomic mass is 32.2. The number of hydrogen-bond acceptors (Lipinski definition) is 2. The van der Waals surface area contributed by atoms with Crippen molar-refractivity contribution in [2.45, 2.75) is 51.0 Å². The molecule has 2 atom stereocenters. The monoisotopic (exact) mass is 516 g/mol. The molecule has 0 bridgehead atoms. The van der Waals surface area contributed by atoms with Crippen LogP contribution in [0.4, 0.5) is 0 Å². The third-order valence-electron chi connectivity index (χ3n) is 5.80. The van der Waals surface area contributed by atoms with Crippen LogP contribution in [0, 0.1) is 0 Å². The van der Waals surface area contributed by atoms with Crippen LogP contribution in [0.1, 0.15) is 52.7 Å². The number of hydrogen-bond donors (Lipinski definition) is 0. The third-order valence-corrected chi connectivity index (χ3v) is 8.48. The molecule has 0 spiro atoms. The van der Waals surface area contributed by atoms with E-state index in [9.17, 15) is 8.42 Å². The number of rotatable bonds is 5. The van der Waals surface area contributed by atoms with E-state index in [1.54, 1.807) is 12.4 Å². The molecule has 0 aromatic heterocycles. The molecule has 0 amide bonds. The van der Waals surface area contributed by atoms with Gasteiger partial charge in [-0.1, -0.05) is 72.8 Å². The van der Waals surface area contributed by atoms with Crippen molar-refractivity contribution in [2.75, 3.05) is 0 Å². The second-order valence-corrected chi connectivity index (χ2v) is 14.6.